The van der Waals surface area contributed by atoms with Gasteiger partial charge in [-0.3, -0.25) is 0 Å². The zero-order chi connectivity index (χ0) is 15.4. The molecule has 1 aromatic rings. The second-order valence-corrected chi connectivity index (χ2v) is 6.84. The predicted octanol–water partition coefficient (Wildman–Crippen LogP) is 3.57. The molecule has 1 aliphatic heterocycles. The van der Waals surface area contributed by atoms with Gasteiger partial charge in [0.15, 0.2) is 0 Å². The molecule has 2 N–H and O–H groups in total. The summed E-state index contributed by atoms with van der Waals surface area (Å²) in [5.41, 5.74) is 6.58. The third-order valence-corrected chi connectivity index (χ3v) is 4.23. The van der Waals surface area contributed by atoms with Crippen LogP contribution in [-0.2, 0) is 0 Å². The van der Waals surface area contributed by atoms with E-state index in [1.54, 1.807) is 0 Å². The molecule has 0 aliphatic carbocycles. The lowest BCUT2D eigenvalue weighted by atomic mass is 9.87. The lowest BCUT2D eigenvalue weighted by Crippen LogP contribution is -2.35. The normalized spacial score (nSPS) is 16.8. The maximum atomic E-state index is 5.96. The van der Waals surface area contributed by atoms with Crippen molar-refractivity contribution in [1.29, 1.82) is 0 Å². The van der Waals surface area contributed by atoms with E-state index in [2.05, 4.69) is 37.6 Å². The second kappa shape index (κ2) is 7.01. The quantitative estimate of drug-likeness (QED) is 0.901. The minimum absolute atomic E-state index is 0.469. The smallest absolute Gasteiger partial charge is 0.239 e. The molecule has 4 nitrogen and oxygen atoms in total. The Labute approximate surface area is 128 Å². The molecule has 1 saturated heterocycles. The lowest BCUT2D eigenvalue weighted by Gasteiger charge is -2.34. The van der Waals surface area contributed by atoms with Crippen LogP contribution in [0.3, 0.4) is 0 Å². The summed E-state index contributed by atoms with van der Waals surface area (Å²) in [6.45, 7) is 11.7. The highest BCUT2D eigenvalue weighted by Gasteiger charge is 2.22. The standard InChI is InChI=1S/C17H29N3O/c1-12(2)11-21-17-15(18)5-6-16(19-17)20-9-7-14(8-10-20)13(3)4/h5-6,12-14H,7-11,18H2,1-4H3. The Morgan fingerprint density at radius 2 is 1.90 bits per heavy atom. The van der Waals surface area contributed by atoms with E-state index in [4.69, 9.17) is 10.5 Å². The van der Waals surface area contributed by atoms with Crippen LogP contribution in [0.2, 0.25) is 0 Å². The van der Waals surface area contributed by atoms with Gasteiger partial charge in [0.2, 0.25) is 5.88 Å². The molecular formula is C17H29N3O. The first-order valence-electron chi connectivity index (χ1n) is 8.11. The number of anilines is 2. The van der Waals surface area contributed by atoms with Gasteiger partial charge < -0.3 is 15.4 Å². The average Bonchev–Trinajstić information content (AvgIpc) is 2.46. The van der Waals surface area contributed by atoms with E-state index in [0.717, 1.165) is 30.7 Å². The second-order valence-electron chi connectivity index (χ2n) is 6.84. The Balaban J connectivity index is 2.02. The van der Waals surface area contributed by atoms with Gasteiger partial charge in [-0.25, -0.2) is 0 Å². The highest BCUT2D eigenvalue weighted by molar-refractivity contribution is 5.54. The molecule has 0 spiro atoms. The molecular weight excluding hydrogens is 262 g/mol. The van der Waals surface area contributed by atoms with E-state index in [0.29, 0.717) is 24.1 Å². The van der Waals surface area contributed by atoms with Gasteiger partial charge in [-0.1, -0.05) is 27.7 Å². The fraction of sp³-hybridized carbons (Fsp3) is 0.706. The van der Waals surface area contributed by atoms with Crippen LogP contribution in [-0.4, -0.2) is 24.7 Å². The molecule has 0 unspecified atom stereocenters. The van der Waals surface area contributed by atoms with E-state index in [1.807, 2.05) is 12.1 Å². The molecule has 0 amide bonds. The minimum Gasteiger partial charge on any atom is -0.476 e. The van der Waals surface area contributed by atoms with Crippen molar-refractivity contribution in [2.45, 2.75) is 40.5 Å². The molecule has 0 radical (unpaired) electrons. The Morgan fingerprint density at radius 3 is 2.48 bits per heavy atom. The Morgan fingerprint density at radius 1 is 1.24 bits per heavy atom. The van der Waals surface area contributed by atoms with Crippen molar-refractivity contribution >= 4 is 11.5 Å². The molecule has 1 fully saturated rings. The largest absolute Gasteiger partial charge is 0.476 e. The van der Waals surface area contributed by atoms with Crippen LogP contribution >= 0.6 is 0 Å². The lowest BCUT2D eigenvalue weighted by molar-refractivity contribution is 0.262. The number of hydrogen-bond acceptors (Lipinski definition) is 4. The molecule has 21 heavy (non-hydrogen) atoms. The number of aromatic nitrogens is 1. The van der Waals surface area contributed by atoms with Gasteiger partial charge >= 0.3 is 0 Å². The third kappa shape index (κ3) is 4.26. The Hall–Kier alpha value is -1.45. The molecule has 2 rings (SSSR count). The molecule has 0 saturated carbocycles. The van der Waals surface area contributed by atoms with E-state index in [-0.39, 0.29) is 0 Å². The van der Waals surface area contributed by atoms with Crippen LogP contribution in [0.1, 0.15) is 40.5 Å². The van der Waals surface area contributed by atoms with Gasteiger partial charge in [0.25, 0.3) is 0 Å². The van der Waals surface area contributed by atoms with E-state index in [9.17, 15) is 0 Å². The summed E-state index contributed by atoms with van der Waals surface area (Å²) in [6.07, 6.45) is 2.48. The number of nitrogens with two attached hydrogens (primary N) is 1. The SMILES string of the molecule is CC(C)COc1nc(N2CCC(C(C)C)CC2)ccc1N. The van der Waals surface area contributed by atoms with E-state index >= 15 is 0 Å². The minimum atomic E-state index is 0.469. The highest BCUT2D eigenvalue weighted by Crippen LogP contribution is 2.29. The zero-order valence-electron chi connectivity index (χ0n) is 13.8. The molecule has 2 heterocycles. The van der Waals surface area contributed by atoms with Gasteiger partial charge in [-0.05, 0) is 42.7 Å². The molecule has 0 atom stereocenters. The average molecular weight is 291 g/mol. The van der Waals surface area contributed by atoms with Crippen molar-refractivity contribution in [3.05, 3.63) is 12.1 Å². The molecule has 1 aromatic heterocycles. The van der Waals surface area contributed by atoms with Gasteiger partial charge in [-0.2, -0.15) is 4.98 Å². The van der Waals surface area contributed by atoms with Crippen molar-refractivity contribution < 1.29 is 4.74 Å². The summed E-state index contributed by atoms with van der Waals surface area (Å²) in [7, 11) is 0. The number of piperidine rings is 1. The van der Waals surface area contributed by atoms with Crippen molar-refractivity contribution in [2.24, 2.45) is 17.8 Å². The summed E-state index contributed by atoms with van der Waals surface area (Å²) >= 11 is 0. The molecule has 4 heteroatoms. The van der Waals surface area contributed by atoms with Gasteiger partial charge in [0.1, 0.15) is 5.82 Å². The molecule has 0 aromatic carbocycles. The highest BCUT2D eigenvalue weighted by atomic mass is 16.5. The van der Waals surface area contributed by atoms with Crippen molar-refractivity contribution in [3.63, 3.8) is 0 Å². The summed E-state index contributed by atoms with van der Waals surface area (Å²) in [5.74, 6) is 3.65. The van der Waals surface area contributed by atoms with E-state index < -0.39 is 0 Å². The third-order valence-electron chi connectivity index (χ3n) is 4.23. The number of hydrogen-bond donors (Lipinski definition) is 1. The Bertz CT molecular complexity index is 451. The first-order chi connectivity index (χ1) is 9.97. The Kier molecular flexibility index (Phi) is 5.32. The maximum Gasteiger partial charge on any atom is 0.239 e. The van der Waals surface area contributed by atoms with Gasteiger partial charge in [-0.15, -0.1) is 0 Å². The van der Waals surface area contributed by atoms with Crippen molar-refractivity contribution in [2.75, 3.05) is 30.3 Å². The van der Waals surface area contributed by atoms with Crippen LogP contribution in [0.5, 0.6) is 5.88 Å². The maximum absolute atomic E-state index is 5.96. The van der Waals surface area contributed by atoms with Crippen LogP contribution < -0.4 is 15.4 Å². The monoisotopic (exact) mass is 291 g/mol. The molecule has 118 valence electrons. The van der Waals surface area contributed by atoms with Crippen LogP contribution in [0.15, 0.2) is 12.1 Å². The fourth-order valence-corrected chi connectivity index (χ4v) is 2.77. The predicted molar refractivity (Wildman–Crippen MR) is 88.8 cm³/mol. The summed E-state index contributed by atoms with van der Waals surface area (Å²) < 4.78 is 5.73. The number of pyridine rings is 1. The van der Waals surface area contributed by atoms with Crippen molar-refractivity contribution in [3.8, 4) is 5.88 Å². The first kappa shape index (κ1) is 15.9. The summed E-state index contributed by atoms with van der Waals surface area (Å²) in [4.78, 5) is 6.96. The number of rotatable bonds is 5. The van der Waals surface area contributed by atoms with Crippen LogP contribution in [0, 0.1) is 17.8 Å². The van der Waals surface area contributed by atoms with Crippen LogP contribution in [0.4, 0.5) is 11.5 Å². The fourth-order valence-electron chi connectivity index (χ4n) is 2.77. The van der Waals surface area contributed by atoms with Gasteiger partial charge in [0, 0.05) is 13.1 Å². The zero-order valence-corrected chi connectivity index (χ0v) is 13.8. The molecule has 1 aliphatic rings. The number of nitrogens with zero attached hydrogens (tertiary/aromatic N) is 2. The summed E-state index contributed by atoms with van der Waals surface area (Å²) in [5, 5.41) is 0. The van der Waals surface area contributed by atoms with Crippen LogP contribution in [0.25, 0.3) is 0 Å². The first-order valence-corrected chi connectivity index (χ1v) is 8.11. The van der Waals surface area contributed by atoms with Crippen molar-refractivity contribution in [1.82, 2.24) is 4.98 Å². The molecule has 0 bridgehead atoms. The summed E-state index contributed by atoms with van der Waals surface area (Å²) in [6, 6.07) is 3.92. The topological polar surface area (TPSA) is 51.4 Å². The van der Waals surface area contributed by atoms with Gasteiger partial charge in [0.05, 0.1) is 12.3 Å². The number of nitrogen functional groups attached to an aromatic ring is 1. The van der Waals surface area contributed by atoms with E-state index in [1.165, 1.54) is 12.8 Å². The number of ether oxygens (including phenoxy) is 1.